The van der Waals surface area contributed by atoms with Crippen LogP contribution in [0.15, 0.2) is 18.5 Å². The number of rotatable bonds is 3. The van der Waals surface area contributed by atoms with Crippen LogP contribution < -0.4 is 0 Å². The van der Waals surface area contributed by atoms with Crippen LogP contribution in [0.5, 0.6) is 0 Å². The lowest BCUT2D eigenvalue weighted by Crippen LogP contribution is -1.94. The van der Waals surface area contributed by atoms with Crippen molar-refractivity contribution in [3.63, 3.8) is 0 Å². The van der Waals surface area contributed by atoms with E-state index < -0.39 is 0 Å². The van der Waals surface area contributed by atoms with E-state index in [9.17, 15) is 0 Å². The molecule has 0 unspecified atom stereocenters. The van der Waals surface area contributed by atoms with Gasteiger partial charge in [-0.2, -0.15) is 14.5 Å². The Balaban J connectivity index is 2.23. The molecule has 0 spiro atoms. The normalized spacial score (nSPS) is 10.5. The zero-order valence-corrected chi connectivity index (χ0v) is 7.86. The van der Waals surface area contributed by atoms with Gasteiger partial charge in [-0.1, -0.05) is 0 Å². The second-order valence-electron chi connectivity index (χ2n) is 2.38. The van der Waals surface area contributed by atoms with Crippen molar-refractivity contribution in [2.45, 2.75) is 6.61 Å². The number of aromatic nitrogens is 4. The highest BCUT2D eigenvalue weighted by molar-refractivity contribution is 7.08. The first-order valence-electron chi connectivity index (χ1n) is 3.71. The second kappa shape index (κ2) is 3.63. The lowest BCUT2D eigenvalue weighted by atomic mass is 10.7. The fourth-order valence-electron chi connectivity index (χ4n) is 0.907. The summed E-state index contributed by atoms with van der Waals surface area (Å²) in [6, 6.07) is 1.84. The standard InChI is InChI=1S/C7H8N4OS/c1-12-5-6-9-7(13-10-6)11-4-2-3-8-11/h2-4H,5H2,1H3. The Labute approximate surface area is 79.2 Å². The Kier molecular flexibility index (Phi) is 2.33. The summed E-state index contributed by atoms with van der Waals surface area (Å²) in [6.07, 6.45) is 3.54. The molecule has 0 radical (unpaired) electrons. The van der Waals surface area contributed by atoms with E-state index in [0.717, 1.165) is 5.13 Å². The van der Waals surface area contributed by atoms with Gasteiger partial charge in [0.05, 0.1) is 0 Å². The maximum absolute atomic E-state index is 4.91. The molecule has 0 saturated heterocycles. The van der Waals surface area contributed by atoms with Crippen molar-refractivity contribution in [1.29, 1.82) is 0 Å². The highest BCUT2D eigenvalue weighted by Crippen LogP contribution is 2.09. The van der Waals surface area contributed by atoms with Crippen LogP contribution in [0.2, 0.25) is 0 Å². The Morgan fingerprint density at radius 2 is 2.54 bits per heavy atom. The third-order valence-electron chi connectivity index (χ3n) is 1.43. The van der Waals surface area contributed by atoms with Gasteiger partial charge in [0, 0.05) is 31.0 Å². The molecule has 13 heavy (non-hydrogen) atoms. The van der Waals surface area contributed by atoms with E-state index in [1.807, 2.05) is 12.3 Å². The molecule has 0 N–H and O–H groups in total. The van der Waals surface area contributed by atoms with Gasteiger partial charge in [0.15, 0.2) is 5.82 Å². The minimum Gasteiger partial charge on any atom is -0.377 e. The molecule has 0 aromatic carbocycles. The monoisotopic (exact) mass is 196 g/mol. The largest absolute Gasteiger partial charge is 0.377 e. The quantitative estimate of drug-likeness (QED) is 0.731. The SMILES string of the molecule is COCc1nsc(-n2cccn2)n1. The number of ether oxygens (including phenoxy) is 1. The molecule has 0 amide bonds. The van der Waals surface area contributed by atoms with E-state index in [1.54, 1.807) is 18.0 Å². The van der Waals surface area contributed by atoms with Crippen LogP contribution in [0, 0.1) is 0 Å². The van der Waals surface area contributed by atoms with Crippen molar-refractivity contribution in [3.05, 3.63) is 24.3 Å². The molecule has 0 fully saturated rings. The Morgan fingerprint density at radius 3 is 3.23 bits per heavy atom. The summed E-state index contributed by atoms with van der Waals surface area (Å²) in [4.78, 5) is 4.23. The van der Waals surface area contributed by atoms with Gasteiger partial charge in [-0.15, -0.1) is 0 Å². The minimum absolute atomic E-state index is 0.442. The van der Waals surface area contributed by atoms with E-state index in [-0.39, 0.29) is 0 Å². The maximum atomic E-state index is 4.91. The third kappa shape index (κ3) is 1.73. The molecule has 0 saturated carbocycles. The fourth-order valence-corrected chi connectivity index (χ4v) is 1.53. The van der Waals surface area contributed by atoms with Gasteiger partial charge < -0.3 is 4.74 Å². The van der Waals surface area contributed by atoms with Crippen molar-refractivity contribution in [2.24, 2.45) is 0 Å². The lowest BCUT2D eigenvalue weighted by molar-refractivity contribution is 0.179. The van der Waals surface area contributed by atoms with Crippen LogP contribution in [0.1, 0.15) is 5.82 Å². The Hall–Kier alpha value is -1.27. The molecule has 2 heterocycles. The van der Waals surface area contributed by atoms with Gasteiger partial charge in [-0.3, -0.25) is 0 Å². The number of methoxy groups -OCH3 is 1. The van der Waals surface area contributed by atoms with Gasteiger partial charge >= 0.3 is 0 Å². The molecule has 0 atom stereocenters. The molecule has 68 valence electrons. The van der Waals surface area contributed by atoms with Crippen molar-refractivity contribution < 1.29 is 4.74 Å². The third-order valence-corrected chi connectivity index (χ3v) is 2.17. The van der Waals surface area contributed by atoms with Gasteiger partial charge in [0.2, 0.25) is 5.13 Å². The number of hydrogen-bond acceptors (Lipinski definition) is 5. The summed E-state index contributed by atoms with van der Waals surface area (Å²) >= 11 is 1.31. The van der Waals surface area contributed by atoms with Crippen LogP contribution in [0.25, 0.3) is 5.13 Å². The molecule has 6 heteroatoms. The average molecular weight is 196 g/mol. The van der Waals surface area contributed by atoms with E-state index in [1.165, 1.54) is 11.5 Å². The predicted molar refractivity (Wildman–Crippen MR) is 47.7 cm³/mol. The summed E-state index contributed by atoms with van der Waals surface area (Å²) in [5, 5.41) is 4.80. The van der Waals surface area contributed by atoms with Crippen LogP contribution in [0.3, 0.4) is 0 Å². The van der Waals surface area contributed by atoms with Gasteiger partial charge in [0.1, 0.15) is 6.61 Å². The van der Waals surface area contributed by atoms with Gasteiger partial charge in [-0.05, 0) is 6.07 Å². The van der Waals surface area contributed by atoms with E-state index in [0.29, 0.717) is 12.4 Å². The van der Waals surface area contributed by atoms with E-state index in [4.69, 9.17) is 4.74 Å². The number of nitrogens with zero attached hydrogens (tertiary/aromatic N) is 4. The summed E-state index contributed by atoms with van der Waals surface area (Å²) in [7, 11) is 1.62. The molecule has 0 aliphatic heterocycles. The highest BCUT2D eigenvalue weighted by Gasteiger charge is 2.04. The Bertz CT molecular complexity index is 370. The first kappa shape index (κ1) is 8.33. The molecular formula is C7H8N4OS. The van der Waals surface area contributed by atoms with Crippen molar-refractivity contribution in [1.82, 2.24) is 19.1 Å². The smallest absolute Gasteiger partial charge is 0.230 e. The minimum atomic E-state index is 0.442. The summed E-state index contributed by atoms with van der Waals surface area (Å²) < 4.78 is 10.7. The van der Waals surface area contributed by atoms with Crippen LogP contribution in [-0.4, -0.2) is 26.2 Å². The summed E-state index contributed by atoms with van der Waals surface area (Å²) in [6.45, 7) is 0.442. The number of hydrogen-bond donors (Lipinski definition) is 0. The maximum Gasteiger partial charge on any atom is 0.230 e. The fraction of sp³-hybridized carbons (Fsp3) is 0.286. The summed E-state index contributed by atoms with van der Waals surface area (Å²) in [5.41, 5.74) is 0. The highest BCUT2D eigenvalue weighted by atomic mass is 32.1. The Morgan fingerprint density at radius 1 is 1.62 bits per heavy atom. The van der Waals surface area contributed by atoms with E-state index in [2.05, 4.69) is 14.5 Å². The van der Waals surface area contributed by atoms with Crippen molar-refractivity contribution in [2.75, 3.05) is 7.11 Å². The van der Waals surface area contributed by atoms with Crippen LogP contribution >= 0.6 is 11.5 Å². The molecule has 5 nitrogen and oxygen atoms in total. The van der Waals surface area contributed by atoms with Crippen molar-refractivity contribution >= 4 is 11.5 Å². The molecule has 0 aliphatic carbocycles. The molecule has 2 aromatic rings. The zero-order valence-electron chi connectivity index (χ0n) is 7.04. The lowest BCUT2D eigenvalue weighted by Gasteiger charge is -1.91. The zero-order chi connectivity index (χ0) is 9.10. The second-order valence-corrected chi connectivity index (χ2v) is 3.11. The van der Waals surface area contributed by atoms with Crippen LogP contribution in [0.4, 0.5) is 0 Å². The summed E-state index contributed by atoms with van der Waals surface area (Å²) in [5.74, 6) is 0.693. The first-order valence-corrected chi connectivity index (χ1v) is 4.49. The average Bonchev–Trinajstić information content (AvgIpc) is 2.70. The molecule has 2 rings (SSSR count). The topological polar surface area (TPSA) is 52.8 Å². The predicted octanol–water partition coefficient (Wildman–Crippen LogP) is 0.870. The first-order chi connectivity index (χ1) is 6.40. The van der Waals surface area contributed by atoms with Gasteiger partial charge in [0.25, 0.3) is 0 Å². The molecular weight excluding hydrogens is 188 g/mol. The van der Waals surface area contributed by atoms with Gasteiger partial charge in [-0.25, -0.2) is 4.68 Å². The molecule has 0 aliphatic rings. The van der Waals surface area contributed by atoms with Crippen molar-refractivity contribution in [3.8, 4) is 5.13 Å². The molecule has 0 bridgehead atoms. The molecule has 2 aromatic heterocycles. The van der Waals surface area contributed by atoms with Crippen LogP contribution in [-0.2, 0) is 11.3 Å². The van der Waals surface area contributed by atoms with E-state index >= 15 is 0 Å².